The quantitative estimate of drug-likeness (QED) is 0.420. The summed E-state index contributed by atoms with van der Waals surface area (Å²) >= 11 is 0. The van der Waals surface area contributed by atoms with Gasteiger partial charge in [-0.1, -0.05) is 84.0 Å². The first kappa shape index (κ1) is 21.1. The maximum atomic E-state index is 13.0. The molecule has 152 valence electrons. The summed E-state index contributed by atoms with van der Waals surface area (Å²) < 4.78 is 5.25. The van der Waals surface area contributed by atoms with Crippen molar-refractivity contribution < 1.29 is 9.53 Å². The number of esters is 1. The fourth-order valence-corrected chi connectivity index (χ4v) is 4.09. The maximum absolute atomic E-state index is 13.0. The molecule has 29 heavy (non-hydrogen) atoms. The highest BCUT2D eigenvalue weighted by molar-refractivity contribution is 6.09. The molecule has 2 heteroatoms. The van der Waals surface area contributed by atoms with Gasteiger partial charge in [-0.2, -0.15) is 0 Å². The molecule has 0 fully saturated rings. The summed E-state index contributed by atoms with van der Waals surface area (Å²) in [6.07, 6.45) is 0. The van der Waals surface area contributed by atoms with E-state index in [0.717, 1.165) is 22.3 Å². The van der Waals surface area contributed by atoms with Crippen LogP contribution < -0.4 is 0 Å². The number of benzene rings is 1. The van der Waals surface area contributed by atoms with Gasteiger partial charge in [-0.3, -0.25) is 0 Å². The summed E-state index contributed by atoms with van der Waals surface area (Å²) in [5.74, 6) is 0.855. The predicted octanol–water partition coefficient (Wildman–Crippen LogP) is 7.62. The minimum Gasteiger partial charge on any atom is -0.465 e. The molecule has 0 amide bonds. The molecule has 0 aliphatic heterocycles. The van der Waals surface area contributed by atoms with Gasteiger partial charge in [-0.25, -0.2) is 4.79 Å². The minimum absolute atomic E-state index is 0.272. The number of hydrogen-bond donors (Lipinski definition) is 0. The van der Waals surface area contributed by atoms with Gasteiger partial charge in [-0.15, -0.1) is 0 Å². The van der Waals surface area contributed by atoms with E-state index >= 15 is 0 Å². The van der Waals surface area contributed by atoms with E-state index in [4.69, 9.17) is 4.74 Å². The van der Waals surface area contributed by atoms with Crippen LogP contribution in [0.3, 0.4) is 0 Å². The first-order chi connectivity index (χ1) is 13.8. The van der Waals surface area contributed by atoms with Crippen molar-refractivity contribution in [2.75, 3.05) is 7.11 Å². The number of rotatable bonds is 5. The van der Waals surface area contributed by atoms with Crippen LogP contribution in [0.4, 0.5) is 0 Å². The van der Waals surface area contributed by atoms with Crippen LogP contribution in [0.1, 0.15) is 86.3 Å². The van der Waals surface area contributed by atoms with Crippen LogP contribution in [0, 0.1) is 0 Å². The number of carbonyl (C=O) groups excluding carboxylic acids is 1. The first-order valence-corrected chi connectivity index (χ1v) is 10.5. The largest absolute Gasteiger partial charge is 0.465 e. The SMILES string of the molecule is COC(=O)c1c2cc(C(C)C)cccc-2c(C(C)C)c1-c1ccc(C(C)C)cc1. The van der Waals surface area contributed by atoms with E-state index in [1.165, 1.54) is 23.8 Å². The summed E-state index contributed by atoms with van der Waals surface area (Å²) in [4.78, 5) is 13.0. The third-order valence-corrected chi connectivity index (χ3v) is 5.73. The van der Waals surface area contributed by atoms with Crippen LogP contribution in [-0.4, -0.2) is 13.1 Å². The van der Waals surface area contributed by atoms with Gasteiger partial charge in [0, 0.05) is 5.56 Å². The third-order valence-electron chi connectivity index (χ3n) is 5.73. The lowest BCUT2D eigenvalue weighted by molar-refractivity contribution is 0.0603. The Morgan fingerprint density at radius 2 is 1.38 bits per heavy atom. The van der Waals surface area contributed by atoms with Crippen molar-refractivity contribution >= 4 is 5.97 Å². The van der Waals surface area contributed by atoms with Crippen molar-refractivity contribution in [2.24, 2.45) is 0 Å². The number of ether oxygens (including phenoxy) is 1. The molecule has 1 aromatic carbocycles. The summed E-state index contributed by atoms with van der Waals surface area (Å²) in [6.45, 7) is 13.1. The van der Waals surface area contributed by atoms with Crippen molar-refractivity contribution in [1.29, 1.82) is 0 Å². The van der Waals surface area contributed by atoms with Crippen LogP contribution in [0.5, 0.6) is 0 Å². The molecule has 0 atom stereocenters. The Morgan fingerprint density at radius 1 is 0.759 bits per heavy atom. The topological polar surface area (TPSA) is 26.3 Å². The molecule has 0 spiro atoms. The van der Waals surface area contributed by atoms with E-state index in [1.54, 1.807) is 0 Å². The molecule has 0 bridgehead atoms. The highest BCUT2D eigenvalue weighted by atomic mass is 16.5. The van der Waals surface area contributed by atoms with E-state index < -0.39 is 0 Å². The Hall–Kier alpha value is -2.61. The fraction of sp³-hybridized carbons (Fsp3) is 0.370. The molecular formula is C27H32O2. The van der Waals surface area contributed by atoms with Gasteiger partial charge >= 0.3 is 5.97 Å². The van der Waals surface area contributed by atoms with Crippen LogP contribution in [0.15, 0.2) is 48.5 Å². The van der Waals surface area contributed by atoms with Crippen molar-refractivity contribution in [3.63, 3.8) is 0 Å². The molecule has 0 unspecified atom stereocenters. The monoisotopic (exact) mass is 388 g/mol. The molecule has 0 aromatic heterocycles. The van der Waals surface area contributed by atoms with E-state index in [0.29, 0.717) is 17.4 Å². The van der Waals surface area contributed by atoms with E-state index in [-0.39, 0.29) is 11.9 Å². The first-order valence-electron chi connectivity index (χ1n) is 10.5. The molecular weight excluding hydrogens is 356 g/mol. The van der Waals surface area contributed by atoms with E-state index in [1.807, 2.05) is 0 Å². The maximum Gasteiger partial charge on any atom is 0.339 e. The number of carbonyl (C=O) groups is 1. The highest BCUT2D eigenvalue weighted by Crippen LogP contribution is 2.46. The second-order valence-corrected chi connectivity index (χ2v) is 8.74. The van der Waals surface area contributed by atoms with Crippen LogP contribution in [0.25, 0.3) is 22.3 Å². The molecule has 0 radical (unpaired) electrons. The van der Waals surface area contributed by atoms with E-state index in [9.17, 15) is 4.79 Å². The standard InChI is InChI=1S/C27H32O2/c1-16(2)19-11-13-20(14-12-19)25-24(18(5)6)22-10-8-9-21(17(3)4)15-23(22)26(25)27(28)29-7/h8-18H,1-7H3. The molecule has 1 aromatic rings. The molecule has 3 rings (SSSR count). The molecule has 0 N–H and O–H groups in total. The molecule has 2 nitrogen and oxygen atoms in total. The van der Waals surface area contributed by atoms with Gasteiger partial charge in [0.05, 0.1) is 12.7 Å². The van der Waals surface area contributed by atoms with Crippen molar-refractivity contribution in [1.82, 2.24) is 0 Å². The van der Waals surface area contributed by atoms with Gasteiger partial charge in [-0.05, 0) is 57.2 Å². The third kappa shape index (κ3) is 3.94. The minimum atomic E-state index is -0.272. The van der Waals surface area contributed by atoms with Crippen molar-refractivity contribution in [2.45, 2.75) is 59.3 Å². The Bertz CT molecular complexity index is 978. The zero-order chi connectivity index (χ0) is 21.3. The summed E-state index contributed by atoms with van der Waals surface area (Å²) in [5, 5.41) is 0. The highest BCUT2D eigenvalue weighted by Gasteiger charge is 2.30. The molecule has 0 saturated heterocycles. The summed E-state index contributed by atoms with van der Waals surface area (Å²) in [7, 11) is 1.47. The van der Waals surface area contributed by atoms with Gasteiger partial charge in [0.25, 0.3) is 0 Å². The lowest BCUT2D eigenvalue weighted by Crippen LogP contribution is -2.03. The van der Waals surface area contributed by atoms with Crippen LogP contribution in [-0.2, 0) is 4.74 Å². The van der Waals surface area contributed by atoms with Gasteiger partial charge in [0.2, 0.25) is 0 Å². The fourth-order valence-electron chi connectivity index (χ4n) is 4.09. The van der Waals surface area contributed by atoms with Crippen LogP contribution in [0.2, 0.25) is 0 Å². The Kier molecular flexibility index (Phi) is 6.12. The number of hydrogen-bond acceptors (Lipinski definition) is 2. The summed E-state index contributed by atoms with van der Waals surface area (Å²) in [5.41, 5.74) is 8.61. The average Bonchev–Trinajstić information content (AvgIpc) is 2.84. The molecule has 0 saturated carbocycles. The second kappa shape index (κ2) is 8.41. The zero-order valence-corrected chi connectivity index (χ0v) is 18.7. The van der Waals surface area contributed by atoms with Crippen molar-refractivity contribution in [3.8, 4) is 22.3 Å². The van der Waals surface area contributed by atoms with Gasteiger partial charge in [0.15, 0.2) is 0 Å². The Labute approximate surface area is 175 Å². The normalized spacial score (nSPS) is 11.7. The zero-order valence-electron chi connectivity index (χ0n) is 18.7. The predicted molar refractivity (Wildman–Crippen MR) is 122 cm³/mol. The van der Waals surface area contributed by atoms with Gasteiger partial charge < -0.3 is 4.74 Å². The Morgan fingerprint density at radius 3 is 1.90 bits per heavy atom. The molecule has 0 heterocycles. The lowest BCUT2D eigenvalue weighted by atomic mass is 9.92. The average molecular weight is 389 g/mol. The van der Waals surface area contributed by atoms with Crippen molar-refractivity contribution in [3.05, 3.63) is 70.8 Å². The van der Waals surface area contributed by atoms with Gasteiger partial charge in [0.1, 0.15) is 0 Å². The number of fused-ring (bicyclic) bond motifs is 1. The molecule has 2 aliphatic carbocycles. The Balaban J connectivity index is 2.40. The second-order valence-electron chi connectivity index (χ2n) is 8.74. The summed E-state index contributed by atoms with van der Waals surface area (Å²) in [6, 6.07) is 17.2. The smallest absolute Gasteiger partial charge is 0.339 e. The lowest BCUT2D eigenvalue weighted by Gasteiger charge is -2.13. The molecule has 2 aliphatic rings. The van der Waals surface area contributed by atoms with Crippen LogP contribution >= 0.6 is 0 Å². The van der Waals surface area contributed by atoms with E-state index in [2.05, 4.69) is 90.1 Å². The number of methoxy groups -OCH3 is 1.